The number of nitrogens with zero attached hydrogens (tertiary/aromatic N) is 1. The van der Waals surface area contributed by atoms with Crippen LogP contribution in [0.4, 0.5) is 0 Å². The van der Waals surface area contributed by atoms with Gasteiger partial charge in [-0.2, -0.15) is 0 Å². The predicted molar refractivity (Wildman–Crippen MR) is 183 cm³/mol. The number of benzene rings is 5. The van der Waals surface area contributed by atoms with Crippen molar-refractivity contribution in [1.29, 1.82) is 0 Å². The zero-order valence-electron chi connectivity index (χ0n) is 24.8. The molecule has 0 radical (unpaired) electrons. The lowest BCUT2D eigenvalue weighted by Crippen LogP contribution is -2.41. The third kappa shape index (κ3) is 4.26. The van der Waals surface area contributed by atoms with Crippen molar-refractivity contribution in [2.75, 3.05) is 0 Å². The fourth-order valence-corrected chi connectivity index (χ4v) is 7.48. The Morgan fingerprint density at radius 1 is 0.581 bits per heavy atom. The molecule has 0 aliphatic carbocycles. The molecule has 5 aromatic carbocycles. The first-order chi connectivity index (χ1) is 20.8. The molecule has 3 heterocycles. The molecule has 210 valence electrons. The van der Waals surface area contributed by atoms with E-state index >= 15 is 0 Å². The third-order valence-corrected chi connectivity index (χ3v) is 10.4. The maximum atomic E-state index is 6.47. The number of thiophene rings is 1. The first-order valence-corrected chi connectivity index (χ1v) is 15.7. The zero-order valence-corrected chi connectivity index (χ0v) is 25.6. The molecule has 1 saturated heterocycles. The zero-order chi connectivity index (χ0) is 29.3. The molecule has 7 aromatic rings. The molecule has 0 spiro atoms. The van der Waals surface area contributed by atoms with Crippen LogP contribution in [0.1, 0.15) is 27.7 Å². The van der Waals surface area contributed by atoms with Gasteiger partial charge in [-0.05, 0) is 85.7 Å². The summed E-state index contributed by atoms with van der Waals surface area (Å²) in [6.07, 6.45) is 0. The van der Waals surface area contributed by atoms with Gasteiger partial charge in [0.05, 0.1) is 16.7 Å². The number of fused-ring (bicyclic) bond motifs is 5. The molecule has 8 rings (SSSR count). The minimum Gasteiger partial charge on any atom is -0.399 e. The average molecular weight is 578 g/mol. The summed E-state index contributed by atoms with van der Waals surface area (Å²) in [4.78, 5) is 1.24. The molecular formula is C38H32BNO2S. The molecule has 43 heavy (non-hydrogen) atoms. The largest absolute Gasteiger partial charge is 0.494 e. The van der Waals surface area contributed by atoms with E-state index in [1.807, 2.05) is 11.3 Å². The molecule has 1 aliphatic rings. The monoisotopic (exact) mass is 577 g/mol. The summed E-state index contributed by atoms with van der Waals surface area (Å²) in [5.74, 6) is 0. The molecule has 0 bridgehead atoms. The van der Waals surface area contributed by atoms with Crippen LogP contribution in [-0.4, -0.2) is 22.9 Å². The van der Waals surface area contributed by atoms with E-state index in [2.05, 4.69) is 154 Å². The van der Waals surface area contributed by atoms with Crippen LogP contribution in [0.15, 0.2) is 121 Å². The molecule has 0 unspecified atom stereocenters. The summed E-state index contributed by atoms with van der Waals surface area (Å²) in [5, 5.41) is 3.77. The highest BCUT2D eigenvalue weighted by Crippen LogP contribution is 2.44. The third-order valence-electron chi connectivity index (χ3n) is 9.23. The highest BCUT2D eigenvalue weighted by atomic mass is 32.1. The van der Waals surface area contributed by atoms with E-state index in [-0.39, 0.29) is 0 Å². The van der Waals surface area contributed by atoms with Gasteiger partial charge < -0.3 is 13.9 Å². The van der Waals surface area contributed by atoms with E-state index < -0.39 is 18.3 Å². The van der Waals surface area contributed by atoms with Crippen molar-refractivity contribution in [3.05, 3.63) is 121 Å². The van der Waals surface area contributed by atoms with Gasteiger partial charge in [0.15, 0.2) is 0 Å². The van der Waals surface area contributed by atoms with E-state index in [0.717, 1.165) is 11.2 Å². The maximum absolute atomic E-state index is 6.47. The Bertz CT molecular complexity index is 2070. The fourth-order valence-electron chi connectivity index (χ4n) is 6.23. The van der Waals surface area contributed by atoms with Gasteiger partial charge >= 0.3 is 7.12 Å². The van der Waals surface area contributed by atoms with Crippen LogP contribution >= 0.6 is 11.3 Å². The van der Waals surface area contributed by atoms with Crippen molar-refractivity contribution in [3.63, 3.8) is 0 Å². The van der Waals surface area contributed by atoms with Gasteiger partial charge in [0.25, 0.3) is 0 Å². The van der Waals surface area contributed by atoms with Gasteiger partial charge in [0.1, 0.15) is 4.83 Å². The highest BCUT2D eigenvalue weighted by Gasteiger charge is 2.51. The van der Waals surface area contributed by atoms with Gasteiger partial charge in [-0.15, -0.1) is 11.3 Å². The SMILES string of the molecule is CC1(C)OB(c2ccc3c(c2)c2c4ccccc4sc2n3-c2cc(-c3ccccc3)cc(-c3ccccc3)c2)OC1(C)C. The average Bonchev–Trinajstić information content (AvgIpc) is 3.62. The van der Waals surface area contributed by atoms with Gasteiger partial charge in [-0.3, -0.25) is 0 Å². The second-order valence-electron chi connectivity index (χ2n) is 12.5. The molecule has 0 atom stereocenters. The standard InChI is InChI=1S/C38H32BNO2S/c1-37(2)38(3,4)42-39(41-37)29-19-20-33-32(24-29)35-31-17-11-12-18-34(31)43-36(35)40(33)30-22-27(25-13-7-5-8-14-25)21-28(23-30)26-15-9-6-10-16-26/h5-24H,1-4H3. The Morgan fingerprint density at radius 3 is 1.79 bits per heavy atom. The van der Waals surface area contributed by atoms with Crippen LogP contribution in [0.25, 0.3) is 59.1 Å². The highest BCUT2D eigenvalue weighted by molar-refractivity contribution is 7.25. The molecule has 0 N–H and O–H groups in total. The molecule has 3 nitrogen and oxygen atoms in total. The van der Waals surface area contributed by atoms with Crippen LogP contribution in [0.2, 0.25) is 0 Å². The molecule has 1 aliphatic heterocycles. The van der Waals surface area contributed by atoms with Gasteiger partial charge in [-0.1, -0.05) is 91.0 Å². The molecule has 5 heteroatoms. The number of rotatable bonds is 4. The quantitative estimate of drug-likeness (QED) is 0.195. The Morgan fingerprint density at radius 2 is 1.16 bits per heavy atom. The van der Waals surface area contributed by atoms with Crippen molar-refractivity contribution >= 4 is 55.1 Å². The summed E-state index contributed by atoms with van der Waals surface area (Å²) in [7, 11) is -0.413. The minimum atomic E-state index is -0.413. The first-order valence-electron chi connectivity index (χ1n) is 14.9. The van der Waals surface area contributed by atoms with Crippen LogP contribution in [0.3, 0.4) is 0 Å². The van der Waals surface area contributed by atoms with E-state index in [0.29, 0.717) is 0 Å². The molecular weight excluding hydrogens is 545 g/mol. The fraction of sp³-hybridized carbons (Fsp3) is 0.158. The maximum Gasteiger partial charge on any atom is 0.494 e. The summed E-state index contributed by atoms with van der Waals surface area (Å²) >= 11 is 1.85. The van der Waals surface area contributed by atoms with Gasteiger partial charge in [0, 0.05) is 26.5 Å². The van der Waals surface area contributed by atoms with Crippen molar-refractivity contribution in [2.24, 2.45) is 0 Å². The van der Waals surface area contributed by atoms with Gasteiger partial charge in [-0.25, -0.2) is 0 Å². The van der Waals surface area contributed by atoms with E-state index in [1.54, 1.807) is 0 Å². The summed E-state index contributed by atoms with van der Waals surface area (Å²) < 4.78 is 16.7. The predicted octanol–water partition coefficient (Wildman–Crippen LogP) is 9.63. The van der Waals surface area contributed by atoms with Crippen LogP contribution < -0.4 is 5.46 Å². The lowest BCUT2D eigenvalue weighted by atomic mass is 9.78. The van der Waals surface area contributed by atoms with E-state index in [9.17, 15) is 0 Å². The second-order valence-corrected chi connectivity index (χ2v) is 13.5. The van der Waals surface area contributed by atoms with E-state index in [1.165, 1.54) is 53.5 Å². The molecule has 2 aromatic heterocycles. The minimum absolute atomic E-state index is 0.394. The smallest absolute Gasteiger partial charge is 0.399 e. The van der Waals surface area contributed by atoms with Crippen LogP contribution in [0, 0.1) is 0 Å². The van der Waals surface area contributed by atoms with Crippen LogP contribution in [-0.2, 0) is 9.31 Å². The summed E-state index contributed by atoms with van der Waals surface area (Å²) in [5.41, 5.74) is 7.38. The van der Waals surface area contributed by atoms with Crippen molar-refractivity contribution in [3.8, 4) is 27.9 Å². The molecule has 0 saturated carbocycles. The van der Waals surface area contributed by atoms with E-state index in [4.69, 9.17) is 9.31 Å². The summed E-state index contributed by atoms with van der Waals surface area (Å²) in [6, 6.07) is 43.7. The lowest BCUT2D eigenvalue weighted by molar-refractivity contribution is 0.00578. The van der Waals surface area contributed by atoms with Crippen molar-refractivity contribution in [1.82, 2.24) is 4.57 Å². The normalized spacial score (nSPS) is 16.0. The Hall–Kier alpha value is -4.16. The Labute approximate surface area is 256 Å². The second kappa shape index (κ2) is 9.68. The topological polar surface area (TPSA) is 23.4 Å². The number of aromatic nitrogens is 1. The van der Waals surface area contributed by atoms with Crippen molar-refractivity contribution in [2.45, 2.75) is 38.9 Å². The molecule has 1 fully saturated rings. The summed E-state index contributed by atoms with van der Waals surface area (Å²) in [6.45, 7) is 8.43. The van der Waals surface area contributed by atoms with Crippen molar-refractivity contribution < 1.29 is 9.31 Å². The number of hydrogen-bond donors (Lipinski definition) is 0. The van der Waals surface area contributed by atoms with Crippen LogP contribution in [0.5, 0.6) is 0 Å². The Balaban J connectivity index is 1.40. The van der Waals surface area contributed by atoms with Gasteiger partial charge in [0.2, 0.25) is 0 Å². The Kier molecular flexibility index (Phi) is 5.96. The first kappa shape index (κ1) is 26.5. The number of hydrogen-bond acceptors (Lipinski definition) is 3. The molecule has 0 amide bonds. The lowest BCUT2D eigenvalue weighted by Gasteiger charge is -2.32.